The molecule has 6 nitrogen and oxygen atoms in total. The lowest BCUT2D eigenvalue weighted by atomic mass is 9.92. The number of nitrogens with one attached hydrogen (secondary N) is 1. The van der Waals surface area contributed by atoms with E-state index in [9.17, 15) is 14.7 Å². The van der Waals surface area contributed by atoms with E-state index >= 15 is 0 Å². The van der Waals surface area contributed by atoms with Gasteiger partial charge in [-0.25, -0.2) is 0 Å². The molecule has 3 atom stereocenters. The molecule has 0 radical (unpaired) electrons. The summed E-state index contributed by atoms with van der Waals surface area (Å²) in [6.07, 6.45) is 2.70. The minimum Gasteiger partial charge on any atom is -0.391 e. The van der Waals surface area contributed by atoms with Gasteiger partial charge >= 0.3 is 0 Å². The van der Waals surface area contributed by atoms with Crippen molar-refractivity contribution in [1.29, 1.82) is 0 Å². The minimum atomic E-state index is -0.924. The van der Waals surface area contributed by atoms with E-state index in [0.717, 1.165) is 19.3 Å². The molecule has 0 spiro atoms. The fourth-order valence-corrected chi connectivity index (χ4v) is 1.88. The molecule has 0 heterocycles. The van der Waals surface area contributed by atoms with Gasteiger partial charge < -0.3 is 21.9 Å². The van der Waals surface area contributed by atoms with E-state index in [2.05, 4.69) is 5.32 Å². The first-order valence-corrected chi connectivity index (χ1v) is 5.53. The van der Waals surface area contributed by atoms with E-state index in [1.807, 2.05) is 0 Å². The third-order valence-corrected chi connectivity index (χ3v) is 2.82. The first kappa shape index (κ1) is 12.9. The quantitative estimate of drug-likeness (QED) is 0.474. The van der Waals surface area contributed by atoms with Gasteiger partial charge in [0.1, 0.15) is 0 Å². The Balaban J connectivity index is 2.40. The van der Waals surface area contributed by atoms with Crippen LogP contribution in [0.25, 0.3) is 0 Å². The van der Waals surface area contributed by atoms with Crippen LogP contribution in [0.3, 0.4) is 0 Å². The van der Waals surface area contributed by atoms with Gasteiger partial charge in [-0.2, -0.15) is 0 Å². The fourth-order valence-electron chi connectivity index (χ4n) is 1.88. The molecule has 1 saturated carbocycles. The number of hydrogen-bond acceptors (Lipinski definition) is 4. The Morgan fingerprint density at radius 2 is 2.00 bits per heavy atom. The third-order valence-electron chi connectivity index (χ3n) is 2.82. The van der Waals surface area contributed by atoms with Gasteiger partial charge in [0, 0.05) is 0 Å². The molecular weight excluding hydrogens is 210 g/mol. The summed E-state index contributed by atoms with van der Waals surface area (Å²) in [5, 5.41) is 12.3. The van der Waals surface area contributed by atoms with E-state index in [1.165, 1.54) is 0 Å². The number of carbonyl (C=O) groups excluding carboxylic acids is 2. The van der Waals surface area contributed by atoms with Gasteiger partial charge in [0.15, 0.2) is 0 Å². The molecule has 0 aromatic heterocycles. The number of aliphatic hydroxyl groups is 1. The molecule has 2 amide bonds. The fraction of sp³-hybridized carbons (Fsp3) is 0.800. The number of rotatable bonds is 4. The van der Waals surface area contributed by atoms with Crippen LogP contribution in [0.5, 0.6) is 0 Å². The Kier molecular flexibility index (Phi) is 4.70. The standard InChI is InChI=1S/C10H19N3O3/c11-6(5-9(12)15)10(16)13-7-3-1-2-4-8(7)14/h6-8,14H,1-5,11H2,(H2,12,15)(H,13,16)/t6?,7-,8-/m0/s1. The highest BCUT2D eigenvalue weighted by molar-refractivity contribution is 5.87. The summed E-state index contributed by atoms with van der Waals surface area (Å²) < 4.78 is 0. The van der Waals surface area contributed by atoms with E-state index in [4.69, 9.17) is 11.5 Å². The second-order valence-electron chi connectivity index (χ2n) is 4.24. The van der Waals surface area contributed by atoms with Crippen molar-refractivity contribution < 1.29 is 14.7 Å². The van der Waals surface area contributed by atoms with Gasteiger partial charge in [-0.1, -0.05) is 12.8 Å². The molecular formula is C10H19N3O3. The zero-order chi connectivity index (χ0) is 12.1. The molecule has 6 N–H and O–H groups in total. The molecule has 1 rings (SSSR count). The van der Waals surface area contributed by atoms with Crippen molar-refractivity contribution in [3.63, 3.8) is 0 Å². The van der Waals surface area contributed by atoms with Crippen molar-refractivity contribution in [2.45, 2.75) is 50.3 Å². The SMILES string of the molecule is NC(=O)CC(N)C(=O)N[C@H]1CCCC[C@@H]1O. The van der Waals surface area contributed by atoms with E-state index in [0.29, 0.717) is 6.42 Å². The van der Waals surface area contributed by atoms with Crippen molar-refractivity contribution in [3.05, 3.63) is 0 Å². The van der Waals surface area contributed by atoms with Crippen LogP contribution < -0.4 is 16.8 Å². The largest absolute Gasteiger partial charge is 0.391 e. The Bertz CT molecular complexity index is 270. The van der Waals surface area contributed by atoms with Crippen LogP contribution in [0, 0.1) is 0 Å². The molecule has 0 aliphatic heterocycles. The number of nitrogens with two attached hydrogens (primary N) is 2. The Morgan fingerprint density at radius 3 is 2.56 bits per heavy atom. The van der Waals surface area contributed by atoms with Gasteiger partial charge in [0.2, 0.25) is 11.8 Å². The Hall–Kier alpha value is -1.14. The Labute approximate surface area is 94.4 Å². The monoisotopic (exact) mass is 229 g/mol. The van der Waals surface area contributed by atoms with Crippen LogP contribution in [0.4, 0.5) is 0 Å². The van der Waals surface area contributed by atoms with Crippen molar-refractivity contribution in [1.82, 2.24) is 5.32 Å². The molecule has 6 heteroatoms. The highest BCUT2D eigenvalue weighted by Crippen LogP contribution is 2.18. The summed E-state index contributed by atoms with van der Waals surface area (Å²) in [5.41, 5.74) is 10.4. The predicted octanol–water partition coefficient (Wildman–Crippen LogP) is -1.39. The first-order valence-electron chi connectivity index (χ1n) is 5.53. The van der Waals surface area contributed by atoms with E-state index in [-0.39, 0.29) is 12.5 Å². The summed E-state index contributed by atoms with van der Waals surface area (Å²) in [4.78, 5) is 22.1. The zero-order valence-corrected chi connectivity index (χ0v) is 9.19. The zero-order valence-electron chi connectivity index (χ0n) is 9.19. The smallest absolute Gasteiger partial charge is 0.237 e. The van der Waals surface area contributed by atoms with Crippen LogP contribution in [-0.2, 0) is 9.59 Å². The maximum absolute atomic E-state index is 11.5. The lowest BCUT2D eigenvalue weighted by Crippen LogP contribution is -2.51. The molecule has 1 aliphatic carbocycles. The van der Waals surface area contributed by atoms with Crippen molar-refractivity contribution in [3.8, 4) is 0 Å². The Morgan fingerprint density at radius 1 is 1.38 bits per heavy atom. The van der Waals surface area contributed by atoms with E-state index < -0.39 is 24.0 Å². The minimum absolute atomic E-state index is 0.172. The van der Waals surface area contributed by atoms with E-state index in [1.54, 1.807) is 0 Å². The maximum atomic E-state index is 11.5. The number of primary amides is 1. The molecule has 92 valence electrons. The second kappa shape index (κ2) is 5.81. The van der Waals surface area contributed by atoms with Crippen molar-refractivity contribution >= 4 is 11.8 Å². The van der Waals surface area contributed by atoms with Gasteiger partial charge in [0.05, 0.1) is 24.6 Å². The molecule has 0 saturated heterocycles. The van der Waals surface area contributed by atoms with Crippen LogP contribution in [0.15, 0.2) is 0 Å². The average Bonchev–Trinajstić information content (AvgIpc) is 2.20. The molecule has 0 bridgehead atoms. The van der Waals surface area contributed by atoms with Crippen molar-refractivity contribution in [2.24, 2.45) is 11.5 Å². The third kappa shape index (κ3) is 3.79. The number of aliphatic hydroxyl groups excluding tert-OH is 1. The van der Waals surface area contributed by atoms with Crippen LogP contribution in [0.2, 0.25) is 0 Å². The summed E-state index contributed by atoms with van der Waals surface area (Å²) >= 11 is 0. The van der Waals surface area contributed by atoms with Gasteiger partial charge in [-0.05, 0) is 12.8 Å². The normalized spacial score (nSPS) is 27.1. The van der Waals surface area contributed by atoms with Gasteiger partial charge in [-0.15, -0.1) is 0 Å². The van der Waals surface area contributed by atoms with Gasteiger partial charge in [0.25, 0.3) is 0 Å². The average molecular weight is 229 g/mol. The molecule has 1 fully saturated rings. The molecule has 1 aliphatic rings. The van der Waals surface area contributed by atoms with Crippen LogP contribution >= 0.6 is 0 Å². The molecule has 0 aromatic carbocycles. The summed E-state index contributed by atoms with van der Waals surface area (Å²) in [6, 6.07) is -1.17. The highest BCUT2D eigenvalue weighted by atomic mass is 16.3. The summed E-state index contributed by atoms with van der Waals surface area (Å²) in [7, 11) is 0. The number of carbonyl (C=O) groups is 2. The predicted molar refractivity (Wildman–Crippen MR) is 58.2 cm³/mol. The number of amides is 2. The van der Waals surface area contributed by atoms with Crippen molar-refractivity contribution in [2.75, 3.05) is 0 Å². The van der Waals surface area contributed by atoms with Gasteiger partial charge in [-0.3, -0.25) is 9.59 Å². The maximum Gasteiger partial charge on any atom is 0.237 e. The summed E-state index contributed by atoms with van der Waals surface area (Å²) in [6.45, 7) is 0. The van der Waals surface area contributed by atoms with Crippen LogP contribution in [-0.4, -0.2) is 35.1 Å². The lowest BCUT2D eigenvalue weighted by molar-refractivity contribution is -0.127. The molecule has 16 heavy (non-hydrogen) atoms. The second-order valence-corrected chi connectivity index (χ2v) is 4.24. The first-order chi connectivity index (χ1) is 7.50. The summed E-state index contributed by atoms with van der Waals surface area (Å²) in [5.74, 6) is -1.03. The number of hydrogen-bond donors (Lipinski definition) is 4. The highest BCUT2D eigenvalue weighted by Gasteiger charge is 2.26. The molecule has 0 aromatic rings. The van der Waals surface area contributed by atoms with Crippen LogP contribution in [0.1, 0.15) is 32.1 Å². The lowest BCUT2D eigenvalue weighted by Gasteiger charge is -2.29. The topological polar surface area (TPSA) is 118 Å². The molecule has 1 unspecified atom stereocenters.